The summed E-state index contributed by atoms with van der Waals surface area (Å²) >= 11 is 0. The monoisotopic (exact) mass is 191 g/mol. The molecule has 2 atom stereocenters. The van der Waals surface area contributed by atoms with E-state index in [0.29, 0.717) is 11.8 Å². The van der Waals surface area contributed by atoms with Gasteiger partial charge in [-0.25, -0.2) is 0 Å². The van der Waals surface area contributed by atoms with E-state index in [0.717, 1.165) is 13.1 Å². The third-order valence-electron chi connectivity index (χ3n) is 3.16. The summed E-state index contributed by atoms with van der Waals surface area (Å²) in [5.41, 5.74) is 2.72. The summed E-state index contributed by atoms with van der Waals surface area (Å²) in [4.78, 5) is 0. The Morgan fingerprint density at radius 2 is 2.14 bits per heavy atom. The van der Waals surface area contributed by atoms with Crippen LogP contribution in [-0.4, -0.2) is 24.8 Å². The van der Waals surface area contributed by atoms with E-state index in [1.807, 2.05) is 0 Å². The van der Waals surface area contributed by atoms with E-state index in [9.17, 15) is 5.11 Å². The lowest BCUT2D eigenvalue weighted by Gasteiger charge is -2.18. The Hall–Kier alpha value is -0.860. The first-order valence-corrected chi connectivity index (χ1v) is 5.20. The molecule has 1 aromatic carbocycles. The number of benzene rings is 1. The van der Waals surface area contributed by atoms with Gasteiger partial charge < -0.3 is 10.4 Å². The normalized spacial score (nSPS) is 26.7. The Balaban J connectivity index is 2.26. The third-order valence-corrected chi connectivity index (χ3v) is 3.16. The number of hydrogen-bond acceptors (Lipinski definition) is 2. The Bertz CT molecular complexity index is 311. The van der Waals surface area contributed by atoms with Crippen LogP contribution in [0.15, 0.2) is 24.3 Å². The second-order valence-corrected chi connectivity index (χ2v) is 4.06. The molecular formula is C12H17NO. The summed E-state index contributed by atoms with van der Waals surface area (Å²) in [6.07, 6.45) is 0. The van der Waals surface area contributed by atoms with E-state index in [-0.39, 0.29) is 6.61 Å². The molecule has 1 saturated heterocycles. The van der Waals surface area contributed by atoms with Crippen molar-refractivity contribution < 1.29 is 5.11 Å². The number of rotatable bonds is 2. The van der Waals surface area contributed by atoms with E-state index in [1.165, 1.54) is 11.1 Å². The number of aliphatic hydroxyl groups excluding tert-OH is 1. The third kappa shape index (κ3) is 1.68. The maximum absolute atomic E-state index is 9.25. The summed E-state index contributed by atoms with van der Waals surface area (Å²) in [7, 11) is 0. The second kappa shape index (κ2) is 4.11. The first kappa shape index (κ1) is 9.69. The smallest absolute Gasteiger partial charge is 0.0477 e. The molecule has 1 aliphatic rings. The highest BCUT2D eigenvalue weighted by Crippen LogP contribution is 2.29. The highest BCUT2D eigenvalue weighted by molar-refractivity contribution is 5.30. The topological polar surface area (TPSA) is 32.3 Å². The molecule has 0 bridgehead atoms. The van der Waals surface area contributed by atoms with Gasteiger partial charge in [-0.1, -0.05) is 24.3 Å². The van der Waals surface area contributed by atoms with Crippen LogP contribution in [0.4, 0.5) is 0 Å². The number of nitrogens with one attached hydrogen (secondary N) is 1. The van der Waals surface area contributed by atoms with Gasteiger partial charge in [-0.3, -0.25) is 0 Å². The molecule has 1 aromatic rings. The average molecular weight is 191 g/mol. The van der Waals surface area contributed by atoms with Crippen LogP contribution in [0.2, 0.25) is 0 Å². The fourth-order valence-electron chi connectivity index (χ4n) is 2.29. The molecule has 76 valence electrons. The van der Waals surface area contributed by atoms with Gasteiger partial charge in [0, 0.05) is 31.5 Å². The lowest BCUT2D eigenvalue weighted by atomic mass is 9.87. The van der Waals surface area contributed by atoms with Crippen LogP contribution in [0.1, 0.15) is 17.0 Å². The molecule has 1 aliphatic heterocycles. The lowest BCUT2D eigenvalue weighted by Crippen LogP contribution is -2.15. The number of hydrogen-bond donors (Lipinski definition) is 2. The van der Waals surface area contributed by atoms with Gasteiger partial charge in [0.1, 0.15) is 0 Å². The molecule has 2 nitrogen and oxygen atoms in total. The SMILES string of the molecule is Cc1ccccc1[C@H]1CNC[C@@H]1CO. The van der Waals surface area contributed by atoms with Crippen LogP contribution in [-0.2, 0) is 0 Å². The van der Waals surface area contributed by atoms with Crippen LogP contribution < -0.4 is 5.32 Å². The summed E-state index contributed by atoms with van der Waals surface area (Å²) in [5, 5.41) is 12.6. The minimum atomic E-state index is 0.284. The summed E-state index contributed by atoms with van der Waals surface area (Å²) in [6.45, 7) is 4.36. The predicted molar refractivity (Wildman–Crippen MR) is 57.4 cm³/mol. The summed E-state index contributed by atoms with van der Waals surface area (Å²) < 4.78 is 0. The molecule has 14 heavy (non-hydrogen) atoms. The van der Waals surface area contributed by atoms with Crippen molar-refractivity contribution in [3.8, 4) is 0 Å². The van der Waals surface area contributed by atoms with Gasteiger partial charge in [0.2, 0.25) is 0 Å². The fraction of sp³-hybridized carbons (Fsp3) is 0.500. The van der Waals surface area contributed by atoms with Gasteiger partial charge in [-0.15, -0.1) is 0 Å². The average Bonchev–Trinajstić information content (AvgIpc) is 2.66. The molecule has 2 heteroatoms. The standard InChI is InChI=1S/C12H17NO/c1-9-4-2-3-5-11(9)12-7-13-6-10(12)8-14/h2-5,10,12-14H,6-8H2,1H3/t10-,12+/m1/s1. The van der Waals surface area contributed by atoms with Crippen molar-refractivity contribution in [2.24, 2.45) is 5.92 Å². The van der Waals surface area contributed by atoms with Crippen molar-refractivity contribution in [3.63, 3.8) is 0 Å². The van der Waals surface area contributed by atoms with Crippen LogP contribution in [0.25, 0.3) is 0 Å². The molecule has 0 spiro atoms. The molecule has 2 rings (SSSR count). The largest absolute Gasteiger partial charge is 0.396 e. The molecule has 0 aliphatic carbocycles. The molecule has 0 aromatic heterocycles. The van der Waals surface area contributed by atoms with Crippen LogP contribution in [0.5, 0.6) is 0 Å². The first-order chi connectivity index (χ1) is 6.83. The number of aryl methyl sites for hydroxylation is 1. The lowest BCUT2D eigenvalue weighted by molar-refractivity contribution is 0.226. The Labute approximate surface area is 85.0 Å². The molecule has 0 saturated carbocycles. The molecule has 0 amide bonds. The van der Waals surface area contributed by atoms with Crippen LogP contribution in [0.3, 0.4) is 0 Å². The van der Waals surface area contributed by atoms with E-state index in [4.69, 9.17) is 0 Å². The number of aliphatic hydroxyl groups is 1. The van der Waals surface area contributed by atoms with E-state index in [2.05, 4.69) is 36.5 Å². The van der Waals surface area contributed by atoms with E-state index >= 15 is 0 Å². The van der Waals surface area contributed by atoms with Crippen molar-refractivity contribution >= 4 is 0 Å². The zero-order chi connectivity index (χ0) is 9.97. The zero-order valence-electron chi connectivity index (χ0n) is 8.53. The molecule has 1 fully saturated rings. The van der Waals surface area contributed by atoms with Crippen molar-refractivity contribution in [3.05, 3.63) is 35.4 Å². The minimum Gasteiger partial charge on any atom is -0.396 e. The Morgan fingerprint density at radius 3 is 2.86 bits per heavy atom. The maximum atomic E-state index is 9.25. The zero-order valence-corrected chi connectivity index (χ0v) is 8.53. The van der Waals surface area contributed by atoms with Gasteiger partial charge in [0.05, 0.1) is 0 Å². The van der Waals surface area contributed by atoms with Crippen LogP contribution in [0, 0.1) is 12.8 Å². The predicted octanol–water partition coefficient (Wildman–Crippen LogP) is 1.29. The highest BCUT2D eigenvalue weighted by atomic mass is 16.3. The fourth-order valence-corrected chi connectivity index (χ4v) is 2.29. The minimum absolute atomic E-state index is 0.284. The van der Waals surface area contributed by atoms with Crippen molar-refractivity contribution in [2.45, 2.75) is 12.8 Å². The molecule has 0 unspecified atom stereocenters. The highest BCUT2D eigenvalue weighted by Gasteiger charge is 2.28. The van der Waals surface area contributed by atoms with Gasteiger partial charge in [0.25, 0.3) is 0 Å². The van der Waals surface area contributed by atoms with Crippen molar-refractivity contribution in [1.82, 2.24) is 5.32 Å². The Morgan fingerprint density at radius 1 is 1.36 bits per heavy atom. The van der Waals surface area contributed by atoms with Gasteiger partial charge in [-0.2, -0.15) is 0 Å². The van der Waals surface area contributed by atoms with E-state index < -0.39 is 0 Å². The summed E-state index contributed by atoms with van der Waals surface area (Å²) in [5.74, 6) is 0.872. The Kier molecular flexibility index (Phi) is 2.85. The van der Waals surface area contributed by atoms with Crippen LogP contribution >= 0.6 is 0 Å². The quantitative estimate of drug-likeness (QED) is 0.738. The second-order valence-electron chi connectivity index (χ2n) is 4.06. The van der Waals surface area contributed by atoms with Crippen molar-refractivity contribution in [1.29, 1.82) is 0 Å². The summed E-state index contributed by atoms with van der Waals surface area (Å²) in [6, 6.07) is 8.46. The molecule has 2 N–H and O–H groups in total. The first-order valence-electron chi connectivity index (χ1n) is 5.20. The van der Waals surface area contributed by atoms with Gasteiger partial charge in [-0.05, 0) is 18.1 Å². The molecular weight excluding hydrogens is 174 g/mol. The maximum Gasteiger partial charge on any atom is 0.0477 e. The molecule has 1 heterocycles. The van der Waals surface area contributed by atoms with Gasteiger partial charge >= 0.3 is 0 Å². The van der Waals surface area contributed by atoms with Crippen molar-refractivity contribution in [2.75, 3.05) is 19.7 Å². The van der Waals surface area contributed by atoms with Gasteiger partial charge in [0.15, 0.2) is 0 Å². The van der Waals surface area contributed by atoms with E-state index in [1.54, 1.807) is 0 Å². The molecule has 0 radical (unpaired) electrons.